The summed E-state index contributed by atoms with van der Waals surface area (Å²) in [4.78, 5) is 2.70. The molecule has 0 aromatic rings. The van der Waals surface area contributed by atoms with Crippen molar-refractivity contribution >= 4 is 0 Å². The van der Waals surface area contributed by atoms with Crippen LogP contribution in [0.1, 0.15) is 60.3 Å². The first-order valence-electron chi connectivity index (χ1n) is 7.96. The Kier molecular flexibility index (Phi) is 7.25. The first-order valence-corrected chi connectivity index (χ1v) is 7.96. The number of hydrogen-bond acceptors (Lipinski definition) is 2. The molecule has 2 atom stereocenters. The van der Waals surface area contributed by atoms with Crippen molar-refractivity contribution in [1.82, 2.24) is 10.2 Å². The van der Waals surface area contributed by atoms with E-state index in [1.807, 2.05) is 0 Å². The fraction of sp³-hybridized carbons (Fsp3) is 1.00. The van der Waals surface area contributed by atoms with Gasteiger partial charge in [0.25, 0.3) is 0 Å². The van der Waals surface area contributed by atoms with Gasteiger partial charge in [-0.2, -0.15) is 0 Å². The maximum Gasteiger partial charge on any atom is 0.00670 e. The monoisotopic (exact) mass is 254 g/mol. The molecule has 0 aromatic heterocycles. The minimum absolute atomic E-state index is 0.627. The van der Waals surface area contributed by atoms with E-state index in [9.17, 15) is 0 Å². The molecule has 18 heavy (non-hydrogen) atoms. The predicted octanol–water partition coefficient (Wildman–Crippen LogP) is 3.52. The second-order valence-corrected chi connectivity index (χ2v) is 6.89. The first kappa shape index (κ1) is 16.0. The van der Waals surface area contributed by atoms with Crippen molar-refractivity contribution in [2.75, 3.05) is 19.6 Å². The van der Waals surface area contributed by atoms with Gasteiger partial charge in [0.2, 0.25) is 0 Å². The summed E-state index contributed by atoms with van der Waals surface area (Å²) in [6, 6.07) is 1.41. The Bertz CT molecular complexity index is 213. The lowest BCUT2D eigenvalue weighted by atomic mass is 10.0. The molecule has 0 spiro atoms. The van der Waals surface area contributed by atoms with Gasteiger partial charge in [0.15, 0.2) is 0 Å². The highest BCUT2D eigenvalue weighted by Crippen LogP contribution is 2.21. The molecule has 1 fully saturated rings. The van der Waals surface area contributed by atoms with Gasteiger partial charge >= 0.3 is 0 Å². The van der Waals surface area contributed by atoms with E-state index in [-0.39, 0.29) is 0 Å². The van der Waals surface area contributed by atoms with Crippen molar-refractivity contribution in [3.63, 3.8) is 0 Å². The molecule has 1 heterocycles. The van der Waals surface area contributed by atoms with Gasteiger partial charge in [-0.3, -0.25) is 0 Å². The van der Waals surface area contributed by atoms with Gasteiger partial charge in [0.05, 0.1) is 0 Å². The van der Waals surface area contributed by atoms with Crippen LogP contribution in [0.2, 0.25) is 0 Å². The maximum absolute atomic E-state index is 3.58. The quantitative estimate of drug-likeness (QED) is 0.713. The van der Waals surface area contributed by atoms with Crippen molar-refractivity contribution in [1.29, 1.82) is 0 Å². The zero-order valence-corrected chi connectivity index (χ0v) is 13.2. The summed E-state index contributed by atoms with van der Waals surface area (Å²) in [5, 5.41) is 3.58. The molecule has 0 saturated carbocycles. The van der Waals surface area contributed by atoms with Gasteiger partial charge in [0, 0.05) is 18.6 Å². The molecular formula is C16H34N2. The molecule has 1 rings (SSSR count). The molecule has 1 aliphatic heterocycles. The van der Waals surface area contributed by atoms with Crippen LogP contribution in [0.3, 0.4) is 0 Å². The number of rotatable bonds is 8. The lowest BCUT2D eigenvalue weighted by molar-refractivity contribution is 0.230. The highest BCUT2D eigenvalue weighted by atomic mass is 15.2. The van der Waals surface area contributed by atoms with Crippen molar-refractivity contribution in [2.24, 2.45) is 11.8 Å². The Balaban J connectivity index is 2.15. The fourth-order valence-corrected chi connectivity index (χ4v) is 2.84. The third-order valence-electron chi connectivity index (χ3n) is 4.16. The summed E-state index contributed by atoms with van der Waals surface area (Å²) in [6.07, 6.45) is 5.54. The average Bonchev–Trinajstić information content (AvgIpc) is 2.74. The summed E-state index contributed by atoms with van der Waals surface area (Å²) in [5.41, 5.74) is 0. The second-order valence-electron chi connectivity index (χ2n) is 6.89. The second kappa shape index (κ2) is 8.16. The van der Waals surface area contributed by atoms with Gasteiger partial charge in [-0.15, -0.1) is 0 Å². The van der Waals surface area contributed by atoms with Crippen LogP contribution in [0.5, 0.6) is 0 Å². The van der Waals surface area contributed by atoms with Crippen LogP contribution < -0.4 is 5.32 Å². The van der Waals surface area contributed by atoms with Crippen LogP contribution in [0.4, 0.5) is 0 Å². The average molecular weight is 254 g/mol. The maximum atomic E-state index is 3.58. The van der Waals surface area contributed by atoms with E-state index in [1.165, 1.54) is 45.3 Å². The Morgan fingerprint density at radius 2 is 1.83 bits per heavy atom. The lowest BCUT2D eigenvalue weighted by Gasteiger charge is -2.25. The number of likely N-dealkylation sites (tertiary alicyclic amines) is 1. The van der Waals surface area contributed by atoms with Crippen LogP contribution in [0.25, 0.3) is 0 Å². The molecule has 1 saturated heterocycles. The number of nitrogens with one attached hydrogen (secondary N) is 1. The lowest BCUT2D eigenvalue weighted by Crippen LogP contribution is -2.34. The standard InChI is InChI=1S/C16H34N2/c1-13(2)7-6-8-15(5)18-10-9-16(12-18)11-17-14(3)4/h13-17H,6-12H2,1-5H3. The van der Waals surface area contributed by atoms with Gasteiger partial charge < -0.3 is 10.2 Å². The molecule has 2 heteroatoms. The van der Waals surface area contributed by atoms with Crippen LogP contribution >= 0.6 is 0 Å². The van der Waals surface area contributed by atoms with Crippen LogP contribution in [0.15, 0.2) is 0 Å². The molecule has 0 amide bonds. The minimum Gasteiger partial charge on any atom is -0.314 e. The topological polar surface area (TPSA) is 15.3 Å². The molecule has 1 aliphatic rings. The van der Waals surface area contributed by atoms with Crippen LogP contribution in [0, 0.1) is 11.8 Å². The minimum atomic E-state index is 0.627. The summed E-state index contributed by atoms with van der Waals surface area (Å²) >= 11 is 0. The Labute approximate surface area is 115 Å². The Morgan fingerprint density at radius 1 is 1.11 bits per heavy atom. The molecule has 2 nitrogen and oxygen atoms in total. The molecular weight excluding hydrogens is 220 g/mol. The van der Waals surface area contributed by atoms with E-state index < -0.39 is 0 Å². The van der Waals surface area contributed by atoms with Gasteiger partial charge in [-0.05, 0) is 44.7 Å². The third-order valence-corrected chi connectivity index (χ3v) is 4.16. The van der Waals surface area contributed by atoms with Gasteiger partial charge in [-0.25, -0.2) is 0 Å². The van der Waals surface area contributed by atoms with Crippen LogP contribution in [-0.2, 0) is 0 Å². The van der Waals surface area contributed by atoms with E-state index in [0.717, 1.165) is 17.9 Å². The van der Waals surface area contributed by atoms with Crippen molar-refractivity contribution in [3.8, 4) is 0 Å². The third kappa shape index (κ3) is 6.19. The Morgan fingerprint density at radius 3 is 2.44 bits per heavy atom. The first-order chi connectivity index (χ1) is 8.49. The summed E-state index contributed by atoms with van der Waals surface area (Å²) in [7, 11) is 0. The SMILES string of the molecule is CC(C)CCCC(C)N1CCC(CNC(C)C)C1. The summed E-state index contributed by atoms with van der Waals surface area (Å²) in [6.45, 7) is 15.4. The van der Waals surface area contributed by atoms with Crippen molar-refractivity contribution in [3.05, 3.63) is 0 Å². The zero-order valence-electron chi connectivity index (χ0n) is 13.2. The molecule has 0 radical (unpaired) electrons. The highest BCUT2D eigenvalue weighted by molar-refractivity contribution is 4.81. The van der Waals surface area contributed by atoms with Gasteiger partial charge in [-0.1, -0.05) is 40.5 Å². The summed E-state index contributed by atoms with van der Waals surface area (Å²) < 4.78 is 0. The van der Waals surface area contributed by atoms with Crippen molar-refractivity contribution < 1.29 is 0 Å². The number of nitrogens with zero attached hydrogens (tertiary/aromatic N) is 1. The summed E-state index contributed by atoms with van der Waals surface area (Å²) in [5.74, 6) is 1.73. The van der Waals surface area contributed by atoms with Crippen LogP contribution in [-0.4, -0.2) is 36.6 Å². The molecule has 0 aliphatic carbocycles. The van der Waals surface area contributed by atoms with Crippen molar-refractivity contribution in [2.45, 2.75) is 72.4 Å². The fourth-order valence-electron chi connectivity index (χ4n) is 2.84. The molecule has 0 aromatic carbocycles. The van der Waals surface area contributed by atoms with E-state index >= 15 is 0 Å². The van der Waals surface area contributed by atoms with Gasteiger partial charge in [0.1, 0.15) is 0 Å². The highest BCUT2D eigenvalue weighted by Gasteiger charge is 2.25. The van der Waals surface area contributed by atoms with E-state index in [1.54, 1.807) is 0 Å². The van der Waals surface area contributed by atoms with E-state index in [0.29, 0.717) is 6.04 Å². The zero-order chi connectivity index (χ0) is 13.5. The smallest absolute Gasteiger partial charge is 0.00670 e. The normalized spacial score (nSPS) is 23.2. The molecule has 1 N–H and O–H groups in total. The largest absolute Gasteiger partial charge is 0.314 e. The molecule has 0 bridgehead atoms. The molecule has 2 unspecified atom stereocenters. The Hall–Kier alpha value is -0.0800. The van der Waals surface area contributed by atoms with E-state index in [4.69, 9.17) is 0 Å². The van der Waals surface area contributed by atoms with E-state index in [2.05, 4.69) is 44.8 Å². The predicted molar refractivity (Wildman–Crippen MR) is 81.0 cm³/mol. The number of hydrogen-bond donors (Lipinski definition) is 1. The molecule has 108 valence electrons.